The SMILES string of the molecule is COc1cc2c(cc1CN1CCO[C@@H](c3cccc(Nc4cnccn4)n3)C1)CCC2. The molecule has 0 amide bonds. The first-order valence-corrected chi connectivity index (χ1v) is 10.8. The summed E-state index contributed by atoms with van der Waals surface area (Å²) in [5.74, 6) is 2.40. The van der Waals surface area contributed by atoms with Crippen LogP contribution >= 0.6 is 0 Å². The molecule has 160 valence electrons. The number of benzene rings is 1. The maximum atomic E-state index is 6.08. The van der Waals surface area contributed by atoms with Crippen LogP contribution in [0.5, 0.6) is 5.75 Å². The number of hydrogen-bond donors (Lipinski definition) is 1. The molecule has 7 heteroatoms. The summed E-state index contributed by atoms with van der Waals surface area (Å²) < 4.78 is 11.8. The number of aromatic nitrogens is 3. The Bertz CT molecular complexity index is 1040. The predicted octanol–water partition coefficient (Wildman–Crippen LogP) is 3.69. The molecular formula is C24H27N5O2. The van der Waals surface area contributed by atoms with Gasteiger partial charge in [-0.15, -0.1) is 0 Å². The summed E-state index contributed by atoms with van der Waals surface area (Å²) >= 11 is 0. The Morgan fingerprint density at radius 1 is 1.16 bits per heavy atom. The lowest BCUT2D eigenvalue weighted by Crippen LogP contribution is -2.38. The number of pyridine rings is 1. The average Bonchev–Trinajstić information content (AvgIpc) is 3.27. The molecule has 2 aromatic heterocycles. The van der Waals surface area contributed by atoms with Crippen molar-refractivity contribution in [3.63, 3.8) is 0 Å². The standard InChI is InChI=1S/C24H27N5O2/c1-30-21-13-18-5-2-4-17(18)12-19(21)15-29-10-11-31-22(16-29)20-6-3-7-23(27-20)28-24-14-25-8-9-26-24/h3,6-9,12-14,22H,2,4-5,10-11,15-16H2,1H3,(H,26,27,28)/t22-/m1/s1. The van der Waals surface area contributed by atoms with Crippen molar-refractivity contribution < 1.29 is 9.47 Å². The summed E-state index contributed by atoms with van der Waals surface area (Å²) in [5.41, 5.74) is 5.09. The Labute approximate surface area is 182 Å². The molecule has 1 saturated heterocycles. The quantitative estimate of drug-likeness (QED) is 0.656. The van der Waals surface area contributed by atoms with Gasteiger partial charge in [-0.05, 0) is 48.6 Å². The number of aryl methyl sites for hydroxylation is 2. The summed E-state index contributed by atoms with van der Waals surface area (Å²) in [4.78, 5) is 15.5. The maximum absolute atomic E-state index is 6.08. The van der Waals surface area contributed by atoms with Crippen LogP contribution in [0, 0.1) is 0 Å². The van der Waals surface area contributed by atoms with Crippen LogP contribution in [0.15, 0.2) is 48.9 Å². The fourth-order valence-electron chi connectivity index (χ4n) is 4.43. The molecule has 0 saturated carbocycles. The topological polar surface area (TPSA) is 72.4 Å². The number of nitrogens with zero attached hydrogens (tertiary/aromatic N) is 4. The van der Waals surface area contributed by atoms with E-state index in [0.29, 0.717) is 12.4 Å². The first-order valence-electron chi connectivity index (χ1n) is 10.8. The van der Waals surface area contributed by atoms with Crippen LogP contribution in [-0.4, -0.2) is 46.7 Å². The highest BCUT2D eigenvalue weighted by Crippen LogP contribution is 2.32. The smallest absolute Gasteiger partial charge is 0.150 e. The van der Waals surface area contributed by atoms with Gasteiger partial charge in [-0.25, -0.2) is 9.97 Å². The minimum absolute atomic E-state index is 0.0715. The zero-order valence-electron chi connectivity index (χ0n) is 17.8. The Balaban J connectivity index is 1.29. The Hall–Kier alpha value is -3.03. The van der Waals surface area contributed by atoms with Gasteiger partial charge in [-0.3, -0.25) is 9.88 Å². The van der Waals surface area contributed by atoms with Gasteiger partial charge in [0, 0.05) is 37.6 Å². The van der Waals surface area contributed by atoms with Gasteiger partial charge >= 0.3 is 0 Å². The second-order valence-corrected chi connectivity index (χ2v) is 8.04. The zero-order valence-corrected chi connectivity index (χ0v) is 17.8. The molecule has 7 nitrogen and oxygen atoms in total. The zero-order chi connectivity index (χ0) is 21.0. The van der Waals surface area contributed by atoms with Crippen LogP contribution in [0.4, 0.5) is 11.6 Å². The fraction of sp³-hybridized carbons (Fsp3) is 0.375. The lowest BCUT2D eigenvalue weighted by molar-refractivity contribution is -0.0351. The molecule has 3 aromatic rings. The monoisotopic (exact) mass is 417 g/mol. The number of rotatable bonds is 6. The van der Waals surface area contributed by atoms with Gasteiger partial charge in [-0.1, -0.05) is 12.1 Å². The highest BCUT2D eigenvalue weighted by Gasteiger charge is 2.25. The molecule has 1 aliphatic carbocycles. The molecule has 1 atom stereocenters. The van der Waals surface area contributed by atoms with Gasteiger partial charge in [-0.2, -0.15) is 0 Å². The molecule has 0 unspecified atom stereocenters. The molecule has 0 spiro atoms. The van der Waals surface area contributed by atoms with Gasteiger partial charge in [0.1, 0.15) is 23.5 Å². The second kappa shape index (κ2) is 8.99. The molecule has 5 rings (SSSR count). The van der Waals surface area contributed by atoms with E-state index in [4.69, 9.17) is 14.5 Å². The lowest BCUT2D eigenvalue weighted by atomic mass is 10.0. The average molecular weight is 418 g/mol. The van der Waals surface area contributed by atoms with Crippen molar-refractivity contribution in [1.29, 1.82) is 0 Å². The van der Waals surface area contributed by atoms with E-state index >= 15 is 0 Å². The molecular weight excluding hydrogens is 390 g/mol. The largest absolute Gasteiger partial charge is 0.496 e. The molecule has 1 fully saturated rings. The number of fused-ring (bicyclic) bond motifs is 1. The molecule has 3 heterocycles. The van der Waals surface area contributed by atoms with E-state index < -0.39 is 0 Å². The Kier molecular flexibility index (Phi) is 5.78. The number of ether oxygens (including phenoxy) is 2. The van der Waals surface area contributed by atoms with Crippen molar-refractivity contribution in [3.8, 4) is 5.75 Å². The van der Waals surface area contributed by atoms with Crippen molar-refractivity contribution in [2.24, 2.45) is 0 Å². The van der Waals surface area contributed by atoms with Crippen LogP contribution in [0.1, 0.15) is 34.9 Å². The van der Waals surface area contributed by atoms with E-state index in [0.717, 1.165) is 43.3 Å². The first kappa shape index (κ1) is 19.9. The van der Waals surface area contributed by atoms with Gasteiger partial charge in [0.15, 0.2) is 0 Å². The van der Waals surface area contributed by atoms with Crippen LogP contribution in [-0.2, 0) is 24.1 Å². The summed E-state index contributed by atoms with van der Waals surface area (Å²) in [7, 11) is 1.77. The summed E-state index contributed by atoms with van der Waals surface area (Å²) in [6, 6.07) is 10.5. The van der Waals surface area contributed by atoms with Crippen molar-refractivity contribution >= 4 is 11.6 Å². The Morgan fingerprint density at radius 2 is 2.06 bits per heavy atom. The first-order chi connectivity index (χ1) is 15.3. The van der Waals surface area contributed by atoms with E-state index in [1.807, 2.05) is 18.2 Å². The molecule has 1 aromatic carbocycles. The van der Waals surface area contributed by atoms with Gasteiger partial charge in [0.25, 0.3) is 0 Å². The third-order valence-corrected chi connectivity index (χ3v) is 5.96. The van der Waals surface area contributed by atoms with E-state index in [-0.39, 0.29) is 6.10 Å². The van der Waals surface area contributed by atoms with Crippen molar-refractivity contribution in [3.05, 3.63) is 71.3 Å². The van der Waals surface area contributed by atoms with Crippen LogP contribution < -0.4 is 10.1 Å². The number of hydrogen-bond acceptors (Lipinski definition) is 7. The lowest BCUT2D eigenvalue weighted by Gasteiger charge is -2.33. The van der Waals surface area contributed by atoms with E-state index in [2.05, 4.69) is 32.3 Å². The number of anilines is 2. The summed E-state index contributed by atoms with van der Waals surface area (Å²) in [5, 5.41) is 3.20. The highest BCUT2D eigenvalue weighted by atomic mass is 16.5. The molecule has 2 aliphatic rings. The van der Waals surface area contributed by atoms with E-state index in [1.165, 1.54) is 29.5 Å². The second-order valence-electron chi connectivity index (χ2n) is 8.04. The number of nitrogens with one attached hydrogen (secondary N) is 1. The minimum Gasteiger partial charge on any atom is -0.496 e. The highest BCUT2D eigenvalue weighted by molar-refractivity contribution is 5.50. The molecule has 0 radical (unpaired) electrons. The van der Waals surface area contributed by atoms with Gasteiger partial charge in [0.2, 0.25) is 0 Å². The van der Waals surface area contributed by atoms with Crippen molar-refractivity contribution in [1.82, 2.24) is 19.9 Å². The van der Waals surface area contributed by atoms with Crippen molar-refractivity contribution in [2.45, 2.75) is 31.9 Å². The van der Waals surface area contributed by atoms with E-state index in [9.17, 15) is 0 Å². The van der Waals surface area contributed by atoms with E-state index in [1.54, 1.807) is 25.7 Å². The molecule has 0 bridgehead atoms. The fourth-order valence-corrected chi connectivity index (χ4v) is 4.43. The maximum Gasteiger partial charge on any atom is 0.150 e. The molecule has 1 N–H and O–H groups in total. The summed E-state index contributed by atoms with van der Waals surface area (Å²) in [6.07, 6.45) is 8.49. The van der Waals surface area contributed by atoms with Gasteiger partial charge < -0.3 is 14.8 Å². The number of methoxy groups -OCH3 is 1. The van der Waals surface area contributed by atoms with Crippen LogP contribution in [0.25, 0.3) is 0 Å². The number of morpholine rings is 1. The van der Waals surface area contributed by atoms with Crippen molar-refractivity contribution in [2.75, 3.05) is 32.1 Å². The van der Waals surface area contributed by atoms with Crippen LogP contribution in [0.3, 0.4) is 0 Å². The predicted molar refractivity (Wildman–Crippen MR) is 119 cm³/mol. The van der Waals surface area contributed by atoms with Crippen LogP contribution in [0.2, 0.25) is 0 Å². The summed E-state index contributed by atoms with van der Waals surface area (Å²) in [6.45, 7) is 3.23. The minimum atomic E-state index is -0.0715. The Morgan fingerprint density at radius 3 is 2.90 bits per heavy atom. The van der Waals surface area contributed by atoms with Gasteiger partial charge in [0.05, 0.1) is 25.6 Å². The third kappa shape index (κ3) is 4.52. The molecule has 1 aliphatic heterocycles. The molecule has 31 heavy (non-hydrogen) atoms. The third-order valence-electron chi connectivity index (χ3n) is 5.96. The normalized spacial score (nSPS) is 18.5.